The first kappa shape index (κ1) is 22.8. The van der Waals surface area contributed by atoms with Crippen molar-refractivity contribution >= 4 is 18.0 Å². The molecule has 2 aromatic rings. The van der Waals surface area contributed by atoms with Gasteiger partial charge in [-0.15, -0.1) is 0 Å². The molecule has 3 N–H and O–H groups in total. The third-order valence-corrected chi connectivity index (χ3v) is 6.16. The van der Waals surface area contributed by atoms with E-state index >= 15 is 0 Å². The summed E-state index contributed by atoms with van der Waals surface area (Å²) >= 11 is 0. The van der Waals surface area contributed by atoms with E-state index in [0.717, 1.165) is 22.3 Å². The SMILES string of the molecule is CCOC(CNC(=O)C1(NC(=O)OCC2c3ccccc3-c3ccccc32)CC1)CC(=O)O. The molecule has 1 fully saturated rings. The van der Waals surface area contributed by atoms with Gasteiger partial charge in [-0.05, 0) is 42.0 Å². The molecule has 174 valence electrons. The maximum absolute atomic E-state index is 12.7. The number of aliphatic carboxylic acids is 1. The third kappa shape index (κ3) is 5.01. The van der Waals surface area contributed by atoms with Crippen LogP contribution in [-0.4, -0.2) is 54.5 Å². The highest BCUT2D eigenvalue weighted by atomic mass is 16.5. The van der Waals surface area contributed by atoms with Crippen molar-refractivity contribution < 1.29 is 29.0 Å². The molecule has 4 rings (SSSR count). The average Bonchev–Trinajstić information content (AvgIpc) is 3.51. The number of carbonyl (C=O) groups is 3. The van der Waals surface area contributed by atoms with Crippen LogP contribution in [0.3, 0.4) is 0 Å². The fourth-order valence-electron chi connectivity index (χ4n) is 4.36. The first-order valence-electron chi connectivity index (χ1n) is 11.2. The Bertz CT molecular complexity index is 1000. The number of rotatable bonds is 10. The number of amides is 2. The Labute approximate surface area is 192 Å². The Hall–Kier alpha value is -3.39. The van der Waals surface area contributed by atoms with E-state index in [1.807, 2.05) is 36.4 Å². The van der Waals surface area contributed by atoms with E-state index in [1.54, 1.807) is 6.92 Å². The largest absolute Gasteiger partial charge is 0.481 e. The van der Waals surface area contributed by atoms with Gasteiger partial charge in [0.05, 0.1) is 12.5 Å². The van der Waals surface area contributed by atoms with Gasteiger partial charge in [-0.3, -0.25) is 9.59 Å². The first-order chi connectivity index (χ1) is 15.9. The number of alkyl carbamates (subject to hydrolysis) is 1. The maximum Gasteiger partial charge on any atom is 0.408 e. The van der Waals surface area contributed by atoms with Gasteiger partial charge in [-0.1, -0.05) is 48.5 Å². The molecule has 2 aliphatic rings. The van der Waals surface area contributed by atoms with Crippen LogP contribution in [0.4, 0.5) is 4.79 Å². The van der Waals surface area contributed by atoms with Crippen LogP contribution in [0.1, 0.15) is 43.2 Å². The van der Waals surface area contributed by atoms with Gasteiger partial charge >= 0.3 is 12.1 Å². The van der Waals surface area contributed by atoms with E-state index in [9.17, 15) is 14.4 Å². The minimum absolute atomic E-state index is 0.0601. The zero-order valence-corrected chi connectivity index (χ0v) is 18.5. The highest BCUT2D eigenvalue weighted by Crippen LogP contribution is 2.44. The van der Waals surface area contributed by atoms with Crippen LogP contribution in [0, 0.1) is 0 Å². The molecule has 0 aromatic heterocycles. The number of hydrogen-bond acceptors (Lipinski definition) is 5. The summed E-state index contributed by atoms with van der Waals surface area (Å²) in [6.45, 7) is 2.34. The molecule has 1 unspecified atom stereocenters. The summed E-state index contributed by atoms with van der Waals surface area (Å²) in [7, 11) is 0. The highest BCUT2D eigenvalue weighted by Gasteiger charge is 2.51. The minimum atomic E-state index is -1.01. The van der Waals surface area contributed by atoms with Crippen LogP contribution >= 0.6 is 0 Å². The fourth-order valence-corrected chi connectivity index (χ4v) is 4.36. The third-order valence-electron chi connectivity index (χ3n) is 6.16. The van der Waals surface area contributed by atoms with E-state index < -0.39 is 23.7 Å². The van der Waals surface area contributed by atoms with Gasteiger partial charge < -0.3 is 25.2 Å². The number of nitrogens with one attached hydrogen (secondary N) is 2. The molecular formula is C25H28N2O6. The number of fused-ring (bicyclic) bond motifs is 3. The van der Waals surface area contributed by atoms with Crippen molar-refractivity contribution in [3.05, 3.63) is 59.7 Å². The Morgan fingerprint density at radius 1 is 1.06 bits per heavy atom. The van der Waals surface area contributed by atoms with Gasteiger partial charge in [-0.2, -0.15) is 0 Å². The molecule has 0 aliphatic heterocycles. The predicted molar refractivity (Wildman–Crippen MR) is 121 cm³/mol. The molecule has 1 atom stereocenters. The lowest BCUT2D eigenvalue weighted by Crippen LogP contribution is -2.51. The Balaban J connectivity index is 1.33. The lowest BCUT2D eigenvalue weighted by molar-refractivity contribution is -0.140. The molecule has 0 bridgehead atoms. The number of benzene rings is 2. The van der Waals surface area contributed by atoms with Crippen molar-refractivity contribution in [2.75, 3.05) is 19.8 Å². The van der Waals surface area contributed by atoms with Crippen LogP contribution in [-0.2, 0) is 19.1 Å². The monoisotopic (exact) mass is 452 g/mol. The Kier molecular flexibility index (Phi) is 6.65. The van der Waals surface area contributed by atoms with E-state index in [4.69, 9.17) is 14.6 Å². The lowest BCUT2D eigenvalue weighted by Gasteiger charge is -2.21. The predicted octanol–water partition coefficient (Wildman–Crippen LogP) is 3.05. The van der Waals surface area contributed by atoms with Crippen LogP contribution in [0.5, 0.6) is 0 Å². The van der Waals surface area contributed by atoms with Crippen molar-refractivity contribution in [2.24, 2.45) is 0 Å². The molecule has 0 radical (unpaired) electrons. The highest BCUT2D eigenvalue weighted by molar-refractivity contribution is 5.92. The molecule has 8 heteroatoms. The van der Waals surface area contributed by atoms with Crippen molar-refractivity contribution in [3.63, 3.8) is 0 Å². The van der Waals surface area contributed by atoms with Gasteiger partial charge in [-0.25, -0.2) is 4.79 Å². The van der Waals surface area contributed by atoms with E-state index in [0.29, 0.717) is 19.4 Å². The van der Waals surface area contributed by atoms with Gasteiger partial charge in [0.15, 0.2) is 0 Å². The second-order valence-electron chi connectivity index (χ2n) is 8.42. The topological polar surface area (TPSA) is 114 Å². The summed E-state index contributed by atoms with van der Waals surface area (Å²) in [6, 6.07) is 16.2. The summed E-state index contributed by atoms with van der Waals surface area (Å²) in [6.07, 6.45) is -0.471. The van der Waals surface area contributed by atoms with Gasteiger partial charge in [0.1, 0.15) is 12.1 Å². The molecular weight excluding hydrogens is 424 g/mol. The summed E-state index contributed by atoms with van der Waals surface area (Å²) in [5, 5.41) is 14.4. The number of carboxylic acid groups (broad SMARTS) is 1. The molecule has 0 heterocycles. The van der Waals surface area contributed by atoms with E-state index in [-0.39, 0.29) is 31.4 Å². The second kappa shape index (κ2) is 9.62. The quantitative estimate of drug-likeness (QED) is 0.511. The number of carbonyl (C=O) groups excluding carboxylic acids is 2. The van der Waals surface area contributed by atoms with Gasteiger partial charge in [0, 0.05) is 19.1 Å². The maximum atomic E-state index is 12.7. The molecule has 33 heavy (non-hydrogen) atoms. The van der Waals surface area contributed by atoms with Crippen LogP contribution in [0.25, 0.3) is 11.1 Å². The van der Waals surface area contributed by atoms with Gasteiger partial charge in [0.2, 0.25) is 5.91 Å². The minimum Gasteiger partial charge on any atom is -0.481 e. The summed E-state index contributed by atoms with van der Waals surface area (Å²) < 4.78 is 10.9. The van der Waals surface area contributed by atoms with E-state index in [1.165, 1.54) is 0 Å². The van der Waals surface area contributed by atoms with Crippen LogP contribution < -0.4 is 10.6 Å². The molecule has 1 saturated carbocycles. The summed E-state index contributed by atoms with van der Waals surface area (Å²) in [5.41, 5.74) is 3.51. The lowest BCUT2D eigenvalue weighted by atomic mass is 9.98. The average molecular weight is 453 g/mol. The van der Waals surface area contributed by atoms with Crippen molar-refractivity contribution in [3.8, 4) is 11.1 Å². The number of hydrogen-bond donors (Lipinski definition) is 3. The van der Waals surface area contributed by atoms with Crippen molar-refractivity contribution in [1.82, 2.24) is 10.6 Å². The molecule has 0 saturated heterocycles. The Morgan fingerprint density at radius 3 is 2.21 bits per heavy atom. The second-order valence-corrected chi connectivity index (χ2v) is 8.42. The molecule has 2 aliphatic carbocycles. The van der Waals surface area contributed by atoms with Crippen LogP contribution in [0.15, 0.2) is 48.5 Å². The molecule has 2 amide bonds. The first-order valence-corrected chi connectivity index (χ1v) is 11.2. The zero-order valence-electron chi connectivity index (χ0n) is 18.5. The number of carboxylic acids is 1. The van der Waals surface area contributed by atoms with Crippen molar-refractivity contribution in [2.45, 2.75) is 43.7 Å². The molecule has 2 aromatic carbocycles. The van der Waals surface area contributed by atoms with Crippen molar-refractivity contribution in [1.29, 1.82) is 0 Å². The summed E-state index contributed by atoms with van der Waals surface area (Å²) in [5.74, 6) is -1.42. The standard InChI is InChI=1S/C25H28N2O6/c1-2-32-16(13-22(28)29)14-26-23(30)25(11-12-25)27-24(31)33-15-21-19-9-5-3-7-17(19)18-8-4-6-10-20(18)21/h3-10,16,21H,2,11-15H2,1H3,(H,26,30)(H,27,31)(H,28,29). The molecule has 0 spiro atoms. The van der Waals surface area contributed by atoms with Gasteiger partial charge in [0.25, 0.3) is 0 Å². The van der Waals surface area contributed by atoms with E-state index in [2.05, 4.69) is 22.8 Å². The number of ether oxygens (including phenoxy) is 2. The smallest absolute Gasteiger partial charge is 0.408 e. The van der Waals surface area contributed by atoms with Crippen LogP contribution in [0.2, 0.25) is 0 Å². The Morgan fingerprint density at radius 2 is 1.67 bits per heavy atom. The molecule has 8 nitrogen and oxygen atoms in total. The zero-order chi connectivity index (χ0) is 23.4. The fraction of sp³-hybridized carbons (Fsp3) is 0.400. The normalized spacial score (nSPS) is 16.3. The summed E-state index contributed by atoms with van der Waals surface area (Å²) in [4.78, 5) is 36.2.